The number of carbonyl (C=O) groups excluding carboxylic acids is 1. The molecule has 1 saturated heterocycles. The Balaban J connectivity index is 3.23. The summed E-state index contributed by atoms with van der Waals surface area (Å²) in [4.78, 5) is 12.9. The van der Waals surface area contributed by atoms with E-state index in [2.05, 4.69) is 27.4 Å². The Labute approximate surface area is 301 Å². The maximum absolute atomic E-state index is 12.9. The molecule has 0 bridgehead atoms. The number of ketones is 1. The fourth-order valence-electron chi connectivity index (χ4n) is 5.94. The van der Waals surface area contributed by atoms with E-state index < -0.39 is 23.9 Å². The lowest BCUT2D eigenvalue weighted by molar-refractivity contribution is -0.201. The van der Waals surface area contributed by atoms with Crippen LogP contribution in [0.5, 0.6) is 0 Å². The molecule has 0 aliphatic carbocycles. The molecule has 50 heavy (non-hydrogen) atoms. The second kappa shape index (κ2) is 24.5. The molecule has 1 heterocycles. The van der Waals surface area contributed by atoms with Gasteiger partial charge >= 0.3 is 0 Å². The number of hydrogen-bond acceptors (Lipinski definition) is 11. The average molecular weight is 713 g/mol. The summed E-state index contributed by atoms with van der Waals surface area (Å²) in [6, 6.07) is 0. The predicted molar refractivity (Wildman–Crippen MR) is 195 cm³/mol. The highest BCUT2D eigenvalue weighted by Gasteiger charge is 2.40. The molecule has 0 aromatic heterocycles. The van der Waals surface area contributed by atoms with Crippen molar-refractivity contribution >= 4 is 5.78 Å². The van der Waals surface area contributed by atoms with Gasteiger partial charge in [-0.15, -0.1) is 0 Å². The normalized spacial score (nSPS) is 21.7. The lowest BCUT2D eigenvalue weighted by Crippen LogP contribution is -2.51. The third-order valence-electron chi connectivity index (χ3n) is 9.32. The van der Waals surface area contributed by atoms with Crippen molar-refractivity contribution in [2.45, 2.75) is 110 Å². The van der Waals surface area contributed by atoms with Crippen LogP contribution in [0.2, 0.25) is 0 Å². The first kappa shape index (κ1) is 46.3. The molecule has 0 aromatic rings. The fourth-order valence-corrected chi connectivity index (χ4v) is 5.94. The van der Waals surface area contributed by atoms with Crippen LogP contribution in [0.25, 0.3) is 0 Å². The maximum Gasteiger partial charge on any atom is 0.167 e. The van der Waals surface area contributed by atoms with E-state index in [-0.39, 0.29) is 88.8 Å². The van der Waals surface area contributed by atoms with Gasteiger partial charge in [0.2, 0.25) is 0 Å². The van der Waals surface area contributed by atoms with Crippen molar-refractivity contribution < 1.29 is 53.6 Å². The highest BCUT2D eigenvalue weighted by molar-refractivity contribution is 5.86. The van der Waals surface area contributed by atoms with Gasteiger partial charge in [-0.25, -0.2) is 0 Å². The number of carbonyl (C=O) groups is 1. The third-order valence-corrected chi connectivity index (χ3v) is 9.32. The Hall–Kier alpha value is -1.77. The molecular formula is C39H68O11. The van der Waals surface area contributed by atoms with Crippen LogP contribution in [0.15, 0.2) is 48.1 Å². The first-order chi connectivity index (χ1) is 23.7. The van der Waals surface area contributed by atoms with Crippen molar-refractivity contribution in [1.29, 1.82) is 0 Å². The summed E-state index contributed by atoms with van der Waals surface area (Å²) in [5.74, 6) is 0.0642. The Morgan fingerprint density at radius 2 is 1.52 bits per heavy atom. The van der Waals surface area contributed by atoms with Crippen molar-refractivity contribution in [3.63, 3.8) is 0 Å². The number of ether oxygens (including phenoxy) is 6. The molecule has 1 rings (SSSR count). The zero-order chi connectivity index (χ0) is 37.7. The van der Waals surface area contributed by atoms with Gasteiger partial charge in [0, 0.05) is 19.4 Å². The molecule has 0 amide bonds. The van der Waals surface area contributed by atoms with Gasteiger partial charge in [-0.3, -0.25) is 4.79 Å². The van der Waals surface area contributed by atoms with E-state index in [1.807, 2.05) is 51.2 Å². The Morgan fingerprint density at radius 1 is 0.960 bits per heavy atom. The lowest BCUT2D eigenvalue weighted by atomic mass is 9.83. The van der Waals surface area contributed by atoms with Crippen molar-refractivity contribution in [3.8, 4) is 0 Å². The molecule has 1 unspecified atom stereocenters. The number of aliphatic hydroxyl groups excluding tert-OH is 4. The van der Waals surface area contributed by atoms with Crippen molar-refractivity contribution in [3.05, 3.63) is 48.1 Å². The van der Waals surface area contributed by atoms with Crippen LogP contribution in [0.4, 0.5) is 0 Å². The van der Waals surface area contributed by atoms with Crippen LogP contribution in [-0.2, 0) is 33.2 Å². The summed E-state index contributed by atoms with van der Waals surface area (Å²) in [6.45, 7) is 17.8. The van der Waals surface area contributed by atoms with E-state index >= 15 is 0 Å². The molecule has 4 N–H and O–H groups in total. The van der Waals surface area contributed by atoms with E-state index in [0.29, 0.717) is 24.3 Å². The summed E-state index contributed by atoms with van der Waals surface area (Å²) in [7, 11) is 1.42. The van der Waals surface area contributed by atoms with Gasteiger partial charge in [-0.05, 0) is 69.9 Å². The topological polar surface area (TPSA) is 153 Å². The minimum Gasteiger partial charge on any atom is -0.394 e. The number of methoxy groups -OCH3 is 1. The minimum absolute atomic E-state index is 0.0500. The standard InChI is InChI=1S/C39H68O11/c1-28(2)35(43)37(45-9)36(44)31(5)23-29(3)13-11-10-12-14-30(4)34(24-33-16-15-32(6)38(7,8)49-33)50-39(25-46-20-17-40,26-47-21-18-41)27-48-22-19-42/h10-14,29,31-35,37,40-43H,1,15-27H2,2-9H3/b12-10+,13-11+,30-14+/t29-,31-,32-,33+,34?,35-,37-/m1/s1. The minimum atomic E-state index is -1.09. The predicted octanol–water partition coefficient (Wildman–Crippen LogP) is 4.36. The highest BCUT2D eigenvalue weighted by Crippen LogP contribution is 2.36. The molecule has 11 nitrogen and oxygen atoms in total. The zero-order valence-electron chi connectivity index (χ0n) is 32.0. The lowest BCUT2D eigenvalue weighted by Gasteiger charge is -2.43. The molecule has 0 aromatic carbocycles. The van der Waals surface area contributed by atoms with Crippen LogP contribution in [0, 0.1) is 17.8 Å². The summed E-state index contributed by atoms with van der Waals surface area (Å²) < 4.78 is 36.0. The van der Waals surface area contributed by atoms with Gasteiger partial charge in [0.1, 0.15) is 17.8 Å². The molecule has 0 saturated carbocycles. The fraction of sp³-hybridized carbons (Fsp3) is 0.769. The molecule has 1 fully saturated rings. The van der Waals surface area contributed by atoms with Crippen molar-refractivity contribution in [2.75, 3.05) is 66.6 Å². The molecule has 1 aliphatic rings. The summed E-state index contributed by atoms with van der Waals surface area (Å²) in [5, 5.41) is 38.5. The van der Waals surface area contributed by atoms with Gasteiger partial charge < -0.3 is 48.8 Å². The first-order valence-corrected chi connectivity index (χ1v) is 18.0. The van der Waals surface area contributed by atoms with E-state index in [1.165, 1.54) is 7.11 Å². The third kappa shape index (κ3) is 16.7. The van der Waals surface area contributed by atoms with Crippen molar-refractivity contribution in [1.82, 2.24) is 0 Å². The highest BCUT2D eigenvalue weighted by atomic mass is 16.6. The molecule has 1 aliphatic heterocycles. The van der Waals surface area contributed by atoms with Gasteiger partial charge in [0.05, 0.1) is 77.3 Å². The molecule has 0 spiro atoms. The summed E-state index contributed by atoms with van der Waals surface area (Å²) in [5.41, 5.74) is 0.0623. The maximum atomic E-state index is 12.9. The van der Waals surface area contributed by atoms with Gasteiger partial charge in [-0.1, -0.05) is 57.7 Å². The summed E-state index contributed by atoms with van der Waals surface area (Å²) in [6.07, 6.45) is 10.5. The van der Waals surface area contributed by atoms with Crippen molar-refractivity contribution in [2.24, 2.45) is 17.8 Å². The molecule has 290 valence electrons. The second-order valence-corrected chi connectivity index (χ2v) is 14.3. The summed E-state index contributed by atoms with van der Waals surface area (Å²) >= 11 is 0. The SMILES string of the molecule is C=C(C)[C@@H](O)[C@@H](OC)C(=O)[C@H](C)C[C@H](C)/C=C/C=C/C=C(\C)C(C[C@@H]1CC[C@@H](C)C(C)(C)O1)OC(COCCO)(COCCO)COCCO. The van der Waals surface area contributed by atoms with Crippen LogP contribution in [-0.4, -0.2) is 128 Å². The van der Waals surface area contributed by atoms with Crippen LogP contribution in [0.1, 0.15) is 74.1 Å². The number of Topliss-reactive ketones (excluding diaryl/α,β-unsaturated/α-hetero) is 1. The Bertz CT molecular complexity index is 1030. The quantitative estimate of drug-likeness (QED) is 0.0546. The van der Waals surface area contributed by atoms with E-state index in [4.69, 9.17) is 28.4 Å². The van der Waals surface area contributed by atoms with E-state index in [0.717, 1.165) is 18.4 Å². The zero-order valence-corrected chi connectivity index (χ0v) is 32.0. The smallest absolute Gasteiger partial charge is 0.167 e. The molecular weight excluding hydrogens is 644 g/mol. The molecule has 11 heteroatoms. The number of hydrogen-bond donors (Lipinski definition) is 4. The monoisotopic (exact) mass is 712 g/mol. The number of rotatable bonds is 27. The number of aliphatic hydroxyl groups is 4. The van der Waals surface area contributed by atoms with Crippen LogP contribution >= 0.6 is 0 Å². The van der Waals surface area contributed by atoms with E-state index in [1.54, 1.807) is 6.92 Å². The van der Waals surface area contributed by atoms with Crippen LogP contribution in [0.3, 0.4) is 0 Å². The first-order valence-electron chi connectivity index (χ1n) is 18.0. The van der Waals surface area contributed by atoms with Gasteiger partial charge in [0.25, 0.3) is 0 Å². The van der Waals surface area contributed by atoms with E-state index in [9.17, 15) is 25.2 Å². The Kier molecular flexibility index (Phi) is 22.6. The Morgan fingerprint density at radius 3 is 2.00 bits per heavy atom. The molecule has 0 radical (unpaired) electrons. The number of allylic oxidation sites excluding steroid dienone is 5. The largest absolute Gasteiger partial charge is 0.394 e. The van der Waals surface area contributed by atoms with Crippen LogP contribution < -0.4 is 0 Å². The second-order valence-electron chi connectivity index (χ2n) is 14.3. The molecule has 7 atom stereocenters. The van der Waals surface area contributed by atoms with Gasteiger partial charge in [0.15, 0.2) is 5.78 Å². The average Bonchev–Trinajstić information content (AvgIpc) is 3.06. The van der Waals surface area contributed by atoms with Gasteiger partial charge in [-0.2, -0.15) is 0 Å².